The van der Waals surface area contributed by atoms with Crippen molar-refractivity contribution in [2.75, 3.05) is 42.6 Å². The number of carbonyl (C=O) groups excluding carboxylic acids is 1. The maximum atomic E-state index is 12.9. The van der Waals surface area contributed by atoms with Crippen LogP contribution in [0.4, 0.5) is 11.4 Å². The van der Waals surface area contributed by atoms with Crippen LogP contribution in [0.15, 0.2) is 8.95 Å². The van der Waals surface area contributed by atoms with Crippen LogP contribution in [-0.2, 0) is 23.8 Å². The third kappa shape index (κ3) is 12.1. The van der Waals surface area contributed by atoms with Gasteiger partial charge in [-0.25, -0.2) is 9.59 Å². The molecule has 0 bridgehead atoms. The molecule has 2 aliphatic heterocycles. The fraction of sp³-hybridized carbons (Fsp3) is 0.714. The number of aryl methyl sites for hydroxylation is 4. The van der Waals surface area contributed by atoms with Crippen molar-refractivity contribution in [2.45, 2.75) is 153 Å². The van der Waals surface area contributed by atoms with Crippen LogP contribution in [0.3, 0.4) is 0 Å². The number of ether oxygens (including phenoxy) is 3. The molecular formula is C42H66Br2N4O6. The maximum Gasteiger partial charge on any atom is 0.340 e. The van der Waals surface area contributed by atoms with Gasteiger partial charge in [0.2, 0.25) is 0 Å². The van der Waals surface area contributed by atoms with Crippen molar-refractivity contribution in [1.82, 2.24) is 9.97 Å². The van der Waals surface area contributed by atoms with E-state index in [-0.39, 0.29) is 5.97 Å². The van der Waals surface area contributed by atoms with Crippen LogP contribution in [0.25, 0.3) is 0 Å². The van der Waals surface area contributed by atoms with Crippen LogP contribution in [0.2, 0.25) is 0 Å². The van der Waals surface area contributed by atoms with E-state index in [9.17, 15) is 14.7 Å². The number of halogens is 2. The molecule has 2 fully saturated rings. The summed E-state index contributed by atoms with van der Waals surface area (Å²) in [5.41, 5.74) is 6.28. The lowest BCUT2D eigenvalue weighted by Gasteiger charge is -2.40. The molecule has 0 spiro atoms. The first-order chi connectivity index (χ1) is 24.7. The fourth-order valence-electron chi connectivity index (χ4n) is 6.94. The highest BCUT2D eigenvalue weighted by molar-refractivity contribution is 9.11. The van der Waals surface area contributed by atoms with Crippen molar-refractivity contribution in [3.05, 3.63) is 42.8 Å². The quantitative estimate of drug-likeness (QED) is 0.244. The fourth-order valence-corrected chi connectivity index (χ4v) is 8.05. The third-order valence-electron chi connectivity index (χ3n) is 10.1. The van der Waals surface area contributed by atoms with Crippen molar-refractivity contribution in [1.29, 1.82) is 0 Å². The standard InChI is InChI=1S/C22H35BrN2O3.C20H31BrN2O3/c1-9-27-20(26)19(28-21(4,5)6)16-14(2)24-15(3)17(23)18(16)25-12-10-22(7,8)11-13-25;1-12-14(17(18(24)25)26-19(3,4)5)16(15(21)13(2)22-12)23-10-8-20(6,7)9-11-23/h19H,9-13H2,1-8H3;17H,8-11H2,1-7H3,(H,24,25)/t19-;17-/m00/s1. The van der Waals surface area contributed by atoms with Crippen molar-refractivity contribution in [3.63, 3.8) is 0 Å². The number of hydrogen-bond donors (Lipinski definition) is 1. The first-order valence-corrected chi connectivity index (χ1v) is 20.9. The first kappa shape index (κ1) is 46.1. The van der Waals surface area contributed by atoms with Gasteiger partial charge in [0, 0.05) is 48.7 Å². The van der Waals surface area contributed by atoms with E-state index in [1.807, 2.05) is 76.2 Å². The topological polar surface area (TPSA) is 114 Å². The second-order valence-corrected chi connectivity index (χ2v) is 19.9. The lowest BCUT2D eigenvalue weighted by molar-refractivity contribution is -0.166. The number of rotatable bonds is 9. The summed E-state index contributed by atoms with van der Waals surface area (Å²) in [5, 5.41) is 9.89. The number of hydrogen-bond acceptors (Lipinski definition) is 9. The van der Waals surface area contributed by atoms with E-state index >= 15 is 0 Å². The normalized spacial score (nSPS) is 18.4. The first-order valence-electron chi connectivity index (χ1n) is 19.3. The third-order valence-corrected chi connectivity index (χ3v) is 12.0. The monoisotopic (exact) mass is 880 g/mol. The minimum Gasteiger partial charge on any atom is -0.479 e. The molecule has 2 aromatic rings. The summed E-state index contributed by atoms with van der Waals surface area (Å²) in [6, 6.07) is 0. The predicted molar refractivity (Wildman–Crippen MR) is 225 cm³/mol. The number of esters is 1. The summed E-state index contributed by atoms with van der Waals surface area (Å²) in [6.45, 7) is 34.2. The SMILES string of the molecule is CCOC(=O)[C@@H](OC(C)(C)C)c1c(C)nc(C)c(Br)c1N1CCC(C)(C)CC1.Cc1nc(C)c([C@H](OC(C)(C)C)C(=O)O)c(N2CCC(C)(C)CC2)c1Br. The molecule has 12 heteroatoms. The summed E-state index contributed by atoms with van der Waals surface area (Å²) in [4.78, 5) is 38.9. The molecule has 2 atom stereocenters. The molecular weight excluding hydrogens is 816 g/mol. The Morgan fingerprint density at radius 1 is 0.685 bits per heavy atom. The largest absolute Gasteiger partial charge is 0.479 e. The molecule has 54 heavy (non-hydrogen) atoms. The Morgan fingerprint density at radius 3 is 1.33 bits per heavy atom. The zero-order valence-corrected chi connectivity index (χ0v) is 38.7. The molecule has 10 nitrogen and oxygen atoms in total. The van der Waals surface area contributed by atoms with Gasteiger partial charge in [-0.05, 0) is 145 Å². The van der Waals surface area contributed by atoms with Gasteiger partial charge >= 0.3 is 11.9 Å². The van der Waals surface area contributed by atoms with Crippen LogP contribution in [0.5, 0.6) is 0 Å². The minimum absolute atomic E-state index is 0.314. The highest BCUT2D eigenvalue weighted by Crippen LogP contribution is 2.45. The Morgan fingerprint density at radius 2 is 1.02 bits per heavy atom. The van der Waals surface area contributed by atoms with Gasteiger partial charge in [0.1, 0.15) is 0 Å². The second-order valence-electron chi connectivity index (χ2n) is 18.3. The Hall–Kier alpha value is -2.28. The maximum absolute atomic E-state index is 12.9. The van der Waals surface area contributed by atoms with Crippen LogP contribution >= 0.6 is 31.9 Å². The van der Waals surface area contributed by atoms with Gasteiger partial charge in [0.25, 0.3) is 0 Å². The molecule has 1 N–H and O–H groups in total. The van der Waals surface area contributed by atoms with Gasteiger partial charge in [0.15, 0.2) is 12.2 Å². The van der Waals surface area contributed by atoms with Crippen molar-refractivity contribution < 1.29 is 28.9 Å². The van der Waals surface area contributed by atoms with Gasteiger partial charge in [-0.15, -0.1) is 0 Å². The molecule has 0 unspecified atom stereocenters. The lowest BCUT2D eigenvalue weighted by Crippen LogP contribution is -2.39. The summed E-state index contributed by atoms with van der Waals surface area (Å²) in [7, 11) is 0. The number of pyridine rings is 2. The molecule has 2 aromatic heterocycles. The summed E-state index contributed by atoms with van der Waals surface area (Å²) in [6.07, 6.45) is 2.47. The van der Waals surface area contributed by atoms with E-state index < -0.39 is 29.4 Å². The highest BCUT2D eigenvalue weighted by Gasteiger charge is 2.38. The molecule has 0 aromatic carbocycles. The van der Waals surface area contributed by atoms with Crippen LogP contribution in [0, 0.1) is 38.5 Å². The van der Waals surface area contributed by atoms with Gasteiger partial charge in [-0.2, -0.15) is 0 Å². The highest BCUT2D eigenvalue weighted by atomic mass is 79.9. The van der Waals surface area contributed by atoms with Crippen molar-refractivity contribution >= 4 is 55.2 Å². The number of nitrogens with zero attached hydrogens (tertiary/aromatic N) is 4. The zero-order valence-electron chi connectivity index (χ0n) is 35.6. The molecule has 4 rings (SSSR count). The molecule has 0 saturated carbocycles. The van der Waals surface area contributed by atoms with Gasteiger partial charge in [-0.3, -0.25) is 9.97 Å². The molecule has 0 amide bonds. The smallest absolute Gasteiger partial charge is 0.340 e. The lowest BCUT2D eigenvalue weighted by atomic mass is 9.82. The van der Waals surface area contributed by atoms with Crippen LogP contribution in [-0.4, -0.2) is 71.0 Å². The number of carboxylic acid groups (broad SMARTS) is 1. The van der Waals surface area contributed by atoms with Gasteiger partial charge in [-0.1, -0.05) is 27.7 Å². The molecule has 2 aliphatic rings. The molecule has 2 saturated heterocycles. The number of piperidine rings is 2. The Labute approximate surface area is 341 Å². The van der Waals surface area contributed by atoms with E-state index in [0.29, 0.717) is 28.7 Å². The number of carbonyl (C=O) groups is 2. The number of aromatic nitrogens is 2. The average molecular weight is 883 g/mol. The molecule has 4 heterocycles. The minimum atomic E-state index is -1.05. The summed E-state index contributed by atoms with van der Waals surface area (Å²) < 4.78 is 19.3. The number of carboxylic acids is 1. The number of anilines is 2. The molecule has 0 aliphatic carbocycles. The van der Waals surface area contributed by atoms with E-state index in [4.69, 9.17) is 14.2 Å². The summed E-state index contributed by atoms with van der Waals surface area (Å²) in [5.74, 6) is -1.35. The Balaban J connectivity index is 0.000000291. The van der Waals surface area contributed by atoms with Gasteiger partial charge in [0.05, 0.1) is 49.5 Å². The van der Waals surface area contributed by atoms with E-state index in [1.54, 1.807) is 0 Å². The molecule has 304 valence electrons. The Kier molecular flexibility index (Phi) is 15.3. The van der Waals surface area contributed by atoms with Crippen LogP contribution < -0.4 is 9.80 Å². The zero-order chi connectivity index (χ0) is 41.1. The summed E-state index contributed by atoms with van der Waals surface area (Å²) >= 11 is 7.43. The molecule has 0 radical (unpaired) electrons. The van der Waals surface area contributed by atoms with Crippen LogP contribution in [0.1, 0.15) is 148 Å². The predicted octanol–water partition coefficient (Wildman–Crippen LogP) is 10.5. The van der Waals surface area contributed by atoms with Crippen molar-refractivity contribution in [3.8, 4) is 0 Å². The number of aliphatic carboxylic acids is 1. The van der Waals surface area contributed by atoms with E-state index in [0.717, 1.165) is 94.8 Å². The average Bonchev–Trinajstić information content (AvgIpc) is 3.02. The van der Waals surface area contributed by atoms with Gasteiger partial charge < -0.3 is 29.1 Å². The van der Waals surface area contributed by atoms with E-state index in [2.05, 4.69) is 79.3 Å². The Bertz CT molecular complexity index is 1640. The second kappa shape index (κ2) is 17.9. The van der Waals surface area contributed by atoms with E-state index in [1.165, 1.54) is 0 Å². The van der Waals surface area contributed by atoms with Crippen molar-refractivity contribution in [2.24, 2.45) is 10.8 Å².